The van der Waals surface area contributed by atoms with Crippen LogP contribution in [0.25, 0.3) is 0 Å². The third kappa shape index (κ3) is 4.87. The van der Waals surface area contributed by atoms with Gasteiger partial charge in [0.25, 0.3) is 5.91 Å². The van der Waals surface area contributed by atoms with Gasteiger partial charge in [-0.15, -0.1) is 0 Å². The Morgan fingerprint density at radius 2 is 2.04 bits per heavy atom. The van der Waals surface area contributed by atoms with Crippen molar-refractivity contribution in [3.8, 4) is 0 Å². The number of rotatable bonds is 6. The number of sulfone groups is 1. The Balaban J connectivity index is 1.94. The fraction of sp³-hybridized carbons (Fsp3) is 0.643. The van der Waals surface area contributed by atoms with Gasteiger partial charge >= 0.3 is 0 Å². The zero-order chi connectivity index (χ0) is 17.0. The highest BCUT2D eigenvalue weighted by molar-refractivity contribution is 7.91. The van der Waals surface area contributed by atoms with Crippen molar-refractivity contribution in [3.63, 3.8) is 0 Å². The van der Waals surface area contributed by atoms with Crippen molar-refractivity contribution in [2.24, 2.45) is 0 Å². The summed E-state index contributed by atoms with van der Waals surface area (Å²) in [4.78, 5) is 24.2. The van der Waals surface area contributed by atoms with Crippen LogP contribution >= 0.6 is 0 Å². The predicted molar refractivity (Wildman–Crippen MR) is 88.2 cm³/mol. The molecule has 8 nitrogen and oxygen atoms in total. The first-order chi connectivity index (χ1) is 10.8. The van der Waals surface area contributed by atoms with E-state index < -0.39 is 9.84 Å². The number of likely N-dealkylation sites (N-methyl/N-ethyl adjacent to an activating group) is 1. The summed E-state index contributed by atoms with van der Waals surface area (Å²) in [6, 6.07) is -0.285. The molecule has 0 saturated carbocycles. The van der Waals surface area contributed by atoms with Gasteiger partial charge < -0.3 is 15.1 Å². The van der Waals surface area contributed by atoms with Crippen molar-refractivity contribution in [1.82, 2.24) is 19.8 Å². The van der Waals surface area contributed by atoms with E-state index in [1.54, 1.807) is 7.05 Å². The fourth-order valence-corrected chi connectivity index (χ4v) is 4.14. The molecular weight excluding hydrogens is 318 g/mol. The second-order valence-electron chi connectivity index (χ2n) is 5.99. The maximum absolute atomic E-state index is 12.4. The first-order valence-corrected chi connectivity index (χ1v) is 9.29. The molecule has 1 fully saturated rings. The fourth-order valence-electron chi connectivity index (χ4n) is 2.36. The van der Waals surface area contributed by atoms with Crippen molar-refractivity contribution in [2.45, 2.75) is 12.5 Å². The minimum Gasteiger partial charge on any atom is -0.368 e. The maximum Gasteiger partial charge on any atom is 0.274 e. The lowest BCUT2D eigenvalue weighted by Crippen LogP contribution is -2.38. The largest absolute Gasteiger partial charge is 0.368 e. The van der Waals surface area contributed by atoms with Crippen molar-refractivity contribution in [1.29, 1.82) is 0 Å². The molecule has 1 atom stereocenters. The Morgan fingerprint density at radius 1 is 1.30 bits per heavy atom. The lowest BCUT2D eigenvalue weighted by Gasteiger charge is -2.22. The van der Waals surface area contributed by atoms with Crippen LogP contribution < -0.4 is 5.32 Å². The van der Waals surface area contributed by atoms with Gasteiger partial charge in [0, 0.05) is 26.2 Å². The van der Waals surface area contributed by atoms with Gasteiger partial charge in [0.1, 0.15) is 11.5 Å². The van der Waals surface area contributed by atoms with Crippen LogP contribution in [0, 0.1) is 0 Å². The second kappa shape index (κ2) is 7.22. The Kier molecular flexibility index (Phi) is 5.53. The molecular formula is C14H23N5O3S. The number of aromatic nitrogens is 2. The van der Waals surface area contributed by atoms with Crippen molar-refractivity contribution >= 4 is 21.6 Å². The van der Waals surface area contributed by atoms with E-state index >= 15 is 0 Å². The van der Waals surface area contributed by atoms with Crippen molar-refractivity contribution in [2.75, 3.05) is 51.1 Å². The number of carbonyl (C=O) groups is 1. The van der Waals surface area contributed by atoms with Crippen LogP contribution in [0.4, 0.5) is 5.82 Å². The molecule has 1 aliphatic heterocycles. The standard InChI is InChI=1S/C14H23N5O3S/c1-18(2)6-5-15-13-9-16-12(8-17-13)14(20)19(3)11-4-7-23(21,22)10-11/h8-9,11H,4-7,10H2,1-3H3,(H,15,17). The van der Waals surface area contributed by atoms with E-state index in [1.807, 2.05) is 19.0 Å². The van der Waals surface area contributed by atoms with Crippen LogP contribution in [0.15, 0.2) is 12.4 Å². The Bertz CT molecular complexity index is 645. The third-order valence-corrected chi connectivity index (χ3v) is 5.56. The number of nitrogens with one attached hydrogen (secondary N) is 1. The zero-order valence-electron chi connectivity index (χ0n) is 13.7. The van der Waals surface area contributed by atoms with Crippen LogP contribution in [0.3, 0.4) is 0 Å². The summed E-state index contributed by atoms with van der Waals surface area (Å²) in [5.74, 6) is 0.455. The van der Waals surface area contributed by atoms with Gasteiger partial charge in [-0.1, -0.05) is 0 Å². The average Bonchev–Trinajstić information content (AvgIpc) is 2.86. The van der Waals surface area contributed by atoms with E-state index in [2.05, 4.69) is 15.3 Å². The smallest absolute Gasteiger partial charge is 0.274 e. The summed E-state index contributed by atoms with van der Waals surface area (Å²) in [5, 5.41) is 3.12. The molecule has 1 unspecified atom stereocenters. The lowest BCUT2D eigenvalue weighted by atomic mass is 10.2. The maximum atomic E-state index is 12.4. The van der Waals surface area contributed by atoms with Crippen LogP contribution in [0.2, 0.25) is 0 Å². The summed E-state index contributed by atoms with van der Waals surface area (Å²) in [6.07, 6.45) is 3.41. The molecule has 0 aromatic carbocycles. The Labute approximate surface area is 136 Å². The van der Waals surface area contributed by atoms with E-state index in [-0.39, 0.29) is 29.1 Å². The number of hydrogen-bond donors (Lipinski definition) is 1. The first-order valence-electron chi connectivity index (χ1n) is 7.47. The Morgan fingerprint density at radius 3 is 2.57 bits per heavy atom. The minimum atomic E-state index is -3.02. The Hall–Kier alpha value is -1.74. The van der Waals surface area contributed by atoms with Gasteiger partial charge in [-0.25, -0.2) is 18.4 Å². The molecule has 1 aliphatic rings. The molecule has 9 heteroatoms. The van der Waals surface area contributed by atoms with Crippen molar-refractivity contribution < 1.29 is 13.2 Å². The van der Waals surface area contributed by atoms with Gasteiger partial charge in [0.15, 0.2) is 9.84 Å². The van der Waals surface area contributed by atoms with E-state index in [0.717, 1.165) is 13.1 Å². The molecule has 1 aromatic rings. The van der Waals surface area contributed by atoms with Gasteiger partial charge in [0.05, 0.1) is 23.9 Å². The molecule has 1 saturated heterocycles. The monoisotopic (exact) mass is 341 g/mol. The lowest BCUT2D eigenvalue weighted by molar-refractivity contribution is 0.0741. The molecule has 1 aromatic heterocycles. The number of hydrogen-bond acceptors (Lipinski definition) is 7. The third-order valence-electron chi connectivity index (χ3n) is 3.81. The topological polar surface area (TPSA) is 95.5 Å². The molecule has 2 heterocycles. The van der Waals surface area contributed by atoms with Crippen LogP contribution in [-0.4, -0.2) is 85.9 Å². The summed E-state index contributed by atoms with van der Waals surface area (Å²) < 4.78 is 23.0. The summed E-state index contributed by atoms with van der Waals surface area (Å²) in [6.45, 7) is 1.59. The molecule has 0 spiro atoms. The zero-order valence-corrected chi connectivity index (χ0v) is 14.5. The molecule has 0 radical (unpaired) electrons. The highest BCUT2D eigenvalue weighted by Gasteiger charge is 2.33. The summed E-state index contributed by atoms with van der Waals surface area (Å²) >= 11 is 0. The molecule has 1 amide bonds. The summed E-state index contributed by atoms with van der Waals surface area (Å²) in [5.41, 5.74) is 0.218. The molecule has 0 bridgehead atoms. The second-order valence-corrected chi connectivity index (χ2v) is 8.22. The van der Waals surface area contributed by atoms with E-state index in [0.29, 0.717) is 12.2 Å². The van der Waals surface area contributed by atoms with E-state index in [1.165, 1.54) is 17.3 Å². The highest BCUT2D eigenvalue weighted by Crippen LogP contribution is 2.18. The minimum absolute atomic E-state index is 0.0207. The van der Waals surface area contributed by atoms with Crippen LogP contribution in [0.5, 0.6) is 0 Å². The summed E-state index contributed by atoms with van der Waals surface area (Å²) in [7, 11) is 2.55. The van der Waals surface area contributed by atoms with E-state index in [9.17, 15) is 13.2 Å². The normalized spacial score (nSPS) is 19.7. The number of nitrogens with zero attached hydrogens (tertiary/aromatic N) is 4. The molecule has 2 rings (SSSR count). The molecule has 1 N–H and O–H groups in total. The number of amides is 1. The van der Waals surface area contributed by atoms with Crippen LogP contribution in [-0.2, 0) is 9.84 Å². The highest BCUT2D eigenvalue weighted by atomic mass is 32.2. The van der Waals surface area contributed by atoms with E-state index in [4.69, 9.17) is 0 Å². The average molecular weight is 341 g/mol. The predicted octanol–water partition coefficient (Wildman–Crippen LogP) is -0.291. The number of carbonyl (C=O) groups excluding carboxylic acids is 1. The number of anilines is 1. The van der Waals surface area contributed by atoms with Gasteiger partial charge in [-0.3, -0.25) is 4.79 Å². The van der Waals surface area contributed by atoms with Gasteiger partial charge in [-0.2, -0.15) is 0 Å². The van der Waals surface area contributed by atoms with Crippen LogP contribution in [0.1, 0.15) is 16.9 Å². The van der Waals surface area contributed by atoms with Gasteiger partial charge in [-0.05, 0) is 20.5 Å². The first kappa shape index (κ1) is 17.6. The molecule has 128 valence electrons. The van der Waals surface area contributed by atoms with Gasteiger partial charge in [0.2, 0.25) is 0 Å². The quantitative estimate of drug-likeness (QED) is 0.759. The molecule has 0 aliphatic carbocycles. The molecule has 23 heavy (non-hydrogen) atoms. The van der Waals surface area contributed by atoms with Crippen molar-refractivity contribution in [3.05, 3.63) is 18.1 Å². The SMILES string of the molecule is CN(C)CCNc1cnc(C(=O)N(C)C2CCS(=O)(=O)C2)cn1.